The van der Waals surface area contributed by atoms with Gasteiger partial charge in [-0.2, -0.15) is 0 Å². The average molecular weight is 162 g/mol. The van der Waals surface area contributed by atoms with Gasteiger partial charge in [0, 0.05) is 12.8 Å². The number of rotatable bonds is 1. The SMILES string of the molecule is C1#CCC(C2CCCCC2)CC1. The van der Waals surface area contributed by atoms with Crippen LogP contribution in [0.5, 0.6) is 0 Å². The zero-order valence-corrected chi connectivity index (χ0v) is 7.81. The Morgan fingerprint density at radius 1 is 0.750 bits per heavy atom. The van der Waals surface area contributed by atoms with Gasteiger partial charge in [0.25, 0.3) is 0 Å². The van der Waals surface area contributed by atoms with E-state index in [2.05, 4.69) is 11.8 Å². The molecule has 0 nitrogen and oxygen atoms in total. The van der Waals surface area contributed by atoms with E-state index in [0.717, 1.165) is 11.8 Å². The van der Waals surface area contributed by atoms with Crippen molar-refractivity contribution >= 4 is 0 Å². The van der Waals surface area contributed by atoms with Crippen molar-refractivity contribution in [2.24, 2.45) is 11.8 Å². The van der Waals surface area contributed by atoms with E-state index in [4.69, 9.17) is 0 Å². The van der Waals surface area contributed by atoms with Crippen molar-refractivity contribution in [2.45, 2.75) is 51.4 Å². The largest absolute Gasteiger partial charge is 0.103 e. The van der Waals surface area contributed by atoms with Crippen molar-refractivity contribution in [3.63, 3.8) is 0 Å². The summed E-state index contributed by atoms with van der Waals surface area (Å²) in [6.45, 7) is 0. The normalized spacial score (nSPS) is 30.8. The van der Waals surface area contributed by atoms with Gasteiger partial charge < -0.3 is 0 Å². The topological polar surface area (TPSA) is 0 Å². The molecule has 0 amide bonds. The fourth-order valence-electron chi connectivity index (χ4n) is 2.66. The molecule has 0 radical (unpaired) electrons. The van der Waals surface area contributed by atoms with Crippen LogP contribution in [0.15, 0.2) is 0 Å². The van der Waals surface area contributed by atoms with E-state index in [9.17, 15) is 0 Å². The van der Waals surface area contributed by atoms with Gasteiger partial charge in [0.2, 0.25) is 0 Å². The number of hydrogen-bond acceptors (Lipinski definition) is 0. The second-order valence-corrected chi connectivity index (χ2v) is 4.25. The third kappa shape index (κ3) is 1.83. The molecule has 1 fully saturated rings. The van der Waals surface area contributed by atoms with Gasteiger partial charge >= 0.3 is 0 Å². The predicted molar refractivity (Wildman–Crippen MR) is 51.7 cm³/mol. The molecule has 2 rings (SSSR count). The minimum atomic E-state index is 0.964. The first-order chi connectivity index (χ1) is 5.97. The fraction of sp³-hybridized carbons (Fsp3) is 0.833. The van der Waals surface area contributed by atoms with Gasteiger partial charge in [-0.15, -0.1) is 11.8 Å². The second-order valence-electron chi connectivity index (χ2n) is 4.25. The summed E-state index contributed by atoms with van der Waals surface area (Å²) < 4.78 is 0. The van der Waals surface area contributed by atoms with Gasteiger partial charge in [-0.05, 0) is 18.3 Å². The summed E-state index contributed by atoms with van der Waals surface area (Å²) in [6, 6.07) is 0. The molecule has 0 spiro atoms. The summed E-state index contributed by atoms with van der Waals surface area (Å²) in [7, 11) is 0. The first-order valence-corrected chi connectivity index (χ1v) is 5.42. The van der Waals surface area contributed by atoms with Gasteiger partial charge in [-0.1, -0.05) is 32.1 Å². The van der Waals surface area contributed by atoms with E-state index < -0.39 is 0 Å². The molecule has 2 aliphatic rings. The highest BCUT2D eigenvalue weighted by atomic mass is 14.3. The standard InChI is InChI=1S/C12H18/c1-3-7-11(8-4-1)12-9-5-2-6-10-12/h11-12H,1,3-5,7-10H2. The molecular weight excluding hydrogens is 144 g/mol. The minimum absolute atomic E-state index is 0.964. The van der Waals surface area contributed by atoms with Crippen LogP contribution in [0, 0.1) is 23.7 Å². The zero-order chi connectivity index (χ0) is 8.23. The van der Waals surface area contributed by atoms with Crippen LogP contribution in [0.1, 0.15) is 51.4 Å². The Labute approximate surface area is 75.7 Å². The maximum absolute atomic E-state index is 3.28. The van der Waals surface area contributed by atoms with Crippen LogP contribution in [0.4, 0.5) is 0 Å². The third-order valence-electron chi connectivity index (χ3n) is 3.45. The Bertz CT molecular complexity index is 188. The summed E-state index contributed by atoms with van der Waals surface area (Å²) in [4.78, 5) is 0. The highest BCUT2D eigenvalue weighted by Crippen LogP contribution is 2.34. The maximum Gasteiger partial charge on any atom is 0.0120 e. The van der Waals surface area contributed by atoms with Gasteiger partial charge in [0.1, 0.15) is 0 Å². The molecule has 0 heterocycles. The highest BCUT2D eigenvalue weighted by molar-refractivity contribution is 5.05. The van der Waals surface area contributed by atoms with Crippen molar-refractivity contribution < 1.29 is 0 Å². The molecule has 1 saturated carbocycles. The molecule has 2 aliphatic carbocycles. The van der Waals surface area contributed by atoms with Crippen LogP contribution in [0.3, 0.4) is 0 Å². The molecule has 0 aromatic heterocycles. The summed E-state index contributed by atoms with van der Waals surface area (Å²) in [6.07, 6.45) is 11.2. The van der Waals surface area contributed by atoms with E-state index in [1.54, 1.807) is 0 Å². The molecule has 0 aromatic carbocycles. The average Bonchev–Trinajstić information content (AvgIpc) is 2.21. The molecule has 1 unspecified atom stereocenters. The molecule has 0 aliphatic heterocycles. The van der Waals surface area contributed by atoms with Crippen LogP contribution < -0.4 is 0 Å². The zero-order valence-electron chi connectivity index (χ0n) is 7.81. The lowest BCUT2D eigenvalue weighted by molar-refractivity contribution is 0.238. The Morgan fingerprint density at radius 2 is 1.58 bits per heavy atom. The van der Waals surface area contributed by atoms with E-state index >= 15 is 0 Å². The molecule has 0 heteroatoms. The lowest BCUT2D eigenvalue weighted by Gasteiger charge is -2.29. The van der Waals surface area contributed by atoms with Crippen LogP contribution in [-0.2, 0) is 0 Å². The van der Waals surface area contributed by atoms with Crippen molar-refractivity contribution in [1.29, 1.82) is 0 Å². The summed E-state index contributed by atoms with van der Waals surface area (Å²) in [5.41, 5.74) is 0. The lowest BCUT2D eigenvalue weighted by atomic mass is 9.76. The molecule has 0 bridgehead atoms. The molecular formula is C12H18. The van der Waals surface area contributed by atoms with Gasteiger partial charge in [0.15, 0.2) is 0 Å². The molecule has 0 aromatic rings. The van der Waals surface area contributed by atoms with Crippen LogP contribution in [0.25, 0.3) is 0 Å². The van der Waals surface area contributed by atoms with Gasteiger partial charge in [-0.3, -0.25) is 0 Å². The third-order valence-corrected chi connectivity index (χ3v) is 3.45. The molecule has 0 saturated heterocycles. The molecule has 66 valence electrons. The van der Waals surface area contributed by atoms with Gasteiger partial charge in [-0.25, -0.2) is 0 Å². The van der Waals surface area contributed by atoms with Crippen molar-refractivity contribution in [2.75, 3.05) is 0 Å². The second kappa shape index (κ2) is 3.99. The summed E-state index contributed by atoms with van der Waals surface area (Å²) in [5.74, 6) is 8.49. The highest BCUT2D eigenvalue weighted by Gasteiger charge is 2.23. The summed E-state index contributed by atoms with van der Waals surface area (Å²) >= 11 is 0. The Morgan fingerprint density at radius 3 is 2.25 bits per heavy atom. The molecule has 0 N–H and O–H groups in total. The first-order valence-electron chi connectivity index (χ1n) is 5.42. The quantitative estimate of drug-likeness (QED) is 0.518. The smallest absolute Gasteiger partial charge is 0.0120 e. The van der Waals surface area contributed by atoms with E-state index in [1.807, 2.05) is 0 Å². The van der Waals surface area contributed by atoms with Crippen molar-refractivity contribution in [3.8, 4) is 11.8 Å². The predicted octanol–water partition coefficient (Wildman–Crippen LogP) is 3.37. The molecule has 12 heavy (non-hydrogen) atoms. The maximum atomic E-state index is 3.28. The van der Waals surface area contributed by atoms with Gasteiger partial charge in [0.05, 0.1) is 0 Å². The summed E-state index contributed by atoms with van der Waals surface area (Å²) in [5, 5.41) is 0. The van der Waals surface area contributed by atoms with Crippen molar-refractivity contribution in [1.82, 2.24) is 0 Å². The van der Waals surface area contributed by atoms with E-state index in [1.165, 1.54) is 51.4 Å². The van der Waals surface area contributed by atoms with Crippen molar-refractivity contribution in [3.05, 3.63) is 0 Å². The fourth-order valence-corrected chi connectivity index (χ4v) is 2.66. The molecule has 1 atom stereocenters. The monoisotopic (exact) mass is 162 g/mol. The minimum Gasteiger partial charge on any atom is -0.103 e. The van der Waals surface area contributed by atoms with E-state index in [0.29, 0.717) is 0 Å². The first kappa shape index (κ1) is 8.17. The number of hydrogen-bond donors (Lipinski definition) is 0. The van der Waals surface area contributed by atoms with Crippen LogP contribution in [-0.4, -0.2) is 0 Å². The Hall–Kier alpha value is -0.440. The van der Waals surface area contributed by atoms with Crippen LogP contribution >= 0.6 is 0 Å². The van der Waals surface area contributed by atoms with E-state index in [-0.39, 0.29) is 0 Å². The Kier molecular flexibility index (Phi) is 2.71. The van der Waals surface area contributed by atoms with Crippen LogP contribution in [0.2, 0.25) is 0 Å². The Balaban J connectivity index is 1.87. The lowest BCUT2D eigenvalue weighted by Crippen LogP contribution is -2.18.